The van der Waals surface area contributed by atoms with Crippen molar-refractivity contribution in [3.8, 4) is 27.6 Å². The fourth-order valence-electron chi connectivity index (χ4n) is 3.33. The van der Waals surface area contributed by atoms with E-state index < -0.39 is 10.0 Å². The van der Waals surface area contributed by atoms with Gasteiger partial charge in [0.05, 0.1) is 29.8 Å². The molecule has 1 aromatic heterocycles. The number of hydrogen-bond acceptors (Lipinski definition) is 5. The van der Waals surface area contributed by atoms with Crippen molar-refractivity contribution in [2.75, 3.05) is 23.7 Å². The minimum atomic E-state index is -3.22. The first-order valence-electron chi connectivity index (χ1n) is 8.76. The van der Waals surface area contributed by atoms with Crippen molar-refractivity contribution < 1.29 is 13.2 Å². The molecule has 1 aliphatic rings. The van der Waals surface area contributed by atoms with E-state index in [1.54, 1.807) is 25.4 Å². The van der Waals surface area contributed by atoms with Crippen molar-refractivity contribution in [1.82, 2.24) is 4.98 Å². The van der Waals surface area contributed by atoms with E-state index in [4.69, 9.17) is 9.72 Å². The van der Waals surface area contributed by atoms with Crippen LogP contribution in [0, 0.1) is 0 Å². The van der Waals surface area contributed by atoms with Gasteiger partial charge in [-0.2, -0.15) is 0 Å². The minimum Gasteiger partial charge on any atom is -0.496 e. The molecule has 140 valence electrons. The van der Waals surface area contributed by atoms with Crippen LogP contribution in [-0.2, 0) is 16.4 Å². The molecule has 4 rings (SSSR count). The lowest BCUT2D eigenvalue weighted by Gasteiger charge is -2.18. The van der Waals surface area contributed by atoms with Crippen LogP contribution in [0.4, 0.5) is 5.69 Å². The van der Waals surface area contributed by atoms with Gasteiger partial charge < -0.3 is 4.74 Å². The number of thiazole rings is 1. The van der Waals surface area contributed by atoms with Gasteiger partial charge in [-0.15, -0.1) is 11.3 Å². The molecule has 27 heavy (non-hydrogen) atoms. The van der Waals surface area contributed by atoms with Crippen molar-refractivity contribution >= 4 is 27.0 Å². The molecule has 7 heteroatoms. The summed E-state index contributed by atoms with van der Waals surface area (Å²) >= 11 is 1.57. The average molecular weight is 401 g/mol. The summed E-state index contributed by atoms with van der Waals surface area (Å²) < 4.78 is 31.4. The normalized spacial score (nSPS) is 13.6. The summed E-state index contributed by atoms with van der Waals surface area (Å²) in [6.07, 6.45) is 0.728. The van der Waals surface area contributed by atoms with Crippen LogP contribution in [0.5, 0.6) is 5.75 Å². The Morgan fingerprint density at radius 1 is 1.22 bits per heavy atom. The summed E-state index contributed by atoms with van der Waals surface area (Å²) in [6, 6.07) is 13.7. The zero-order valence-corrected chi connectivity index (χ0v) is 16.8. The van der Waals surface area contributed by atoms with E-state index in [1.807, 2.05) is 41.8 Å². The fourth-order valence-corrected chi connectivity index (χ4v) is 5.34. The zero-order valence-electron chi connectivity index (χ0n) is 15.2. The summed E-state index contributed by atoms with van der Waals surface area (Å²) in [4.78, 5) is 4.78. The van der Waals surface area contributed by atoms with Gasteiger partial charge in [-0.1, -0.05) is 18.2 Å². The number of para-hydroxylation sites is 1. The predicted octanol–water partition coefficient (Wildman–Crippen LogP) is 4.20. The van der Waals surface area contributed by atoms with Gasteiger partial charge in [0, 0.05) is 17.5 Å². The van der Waals surface area contributed by atoms with E-state index in [-0.39, 0.29) is 5.75 Å². The van der Waals surface area contributed by atoms with E-state index in [1.165, 1.54) is 4.31 Å². The van der Waals surface area contributed by atoms with Crippen molar-refractivity contribution in [3.05, 3.63) is 53.4 Å². The molecule has 0 radical (unpaired) electrons. The Morgan fingerprint density at radius 3 is 2.81 bits per heavy atom. The zero-order chi connectivity index (χ0) is 19.0. The van der Waals surface area contributed by atoms with Crippen LogP contribution in [0.15, 0.2) is 47.8 Å². The maximum Gasteiger partial charge on any atom is 0.234 e. The monoisotopic (exact) mass is 400 g/mol. The molecule has 0 saturated heterocycles. The molecule has 0 bridgehead atoms. The second-order valence-corrected chi connectivity index (χ2v) is 9.34. The molecular weight excluding hydrogens is 380 g/mol. The smallest absolute Gasteiger partial charge is 0.234 e. The number of nitrogens with zero attached hydrogens (tertiary/aromatic N) is 2. The molecule has 0 atom stereocenters. The summed E-state index contributed by atoms with van der Waals surface area (Å²) in [7, 11) is -1.57. The van der Waals surface area contributed by atoms with E-state index in [2.05, 4.69) is 6.07 Å². The molecule has 0 amide bonds. The largest absolute Gasteiger partial charge is 0.496 e. The molecule has 0 N–H and O–H groups in total. The number of ether oxygens (including phenoxy) is 1. The number of sulfonamides is 1. The van der Waals surface area contributed by atoms with Gasteiger partial charge in [0.1, 0.15) is 10.8 Å². The molecule has 0 fully saturated rings. The lowest BCUT2D eigenvalue weighted by atomic mass is 10.1. The fraction of sp³-hybridized carbons (Fsp3) is 0.250. The number of hydrogen-bond donors (Lipinski definition) is 0. The quantitative estimate of drug-likeness (QED) is 0.644. The van der Waals surface area contributed by atoms with E-state index in [0.29, 0.717) is 6.54 Å². The first kappa shape index (κ1) is 18.0. The topological polar surface area (TPSA) is 59.5 Å². The Bertz CT molecular complexity index is 1090. The molecule has 0 saturated carbocycles. The number of benzene rings is 2. The Balaban J connectivity index is 1.68. The summed E-state index contributed by atoms with van der Waals surface area (Å²) in [6.45, 7) is 2.19. The molecule has 2 heterocycles. The van der Waals surface area contributed by atoms with Crippen LogP contribution in [0.2, 0.25) is 0 Å². The first-order valence-corrected chi connectivity index (χ1v) is 11.2. The van der Waals surface area contributed by atoms with Gasteiger partial charge >= 0.3 is 0 Å². The SMILES string of the molecule is CCS(=O)(=O)N1CCc2cc(-c3csc(-c4ccccc4OC)n3)ccc21. The van der Waals surface area contributed by atoms with E-state index in [9.17, 15) is 8.42 Å². The van der Waals surface area contributed by atoms with Gasteiger partial charge in [-0.25, -0.2) is 13.4 Å². The third-order valence-electron chi connectivity index (χ3n) is 4.77. The van der Waals surface area contributed by atoms with Crippen molar-refractivity contribution in [2.24, 2.45) is 0 Å². The maximum absolute atomic E-state index is 12.2. The highest BCUT2D eigenvalue weighted by molar-refractivity contribution is 7.92. The number of aromatic nitrogens is 1. The Kier molecular flexibility index (Phi) is 4.65. The van der Waals surface area contributed by atoms with Crippen LogP contribution < -0.4 is 9.04 Å². The number of fused-ring (bicyclic) bond motifs is 1. The second-order valence-electron chi connectivity index (χ2n) is 6.30. The third-order valence-corrected chi connectivity index (χ3v) is 7.43. The number of methoxy groups -OCH3 is 1. The molecule has 2 aromatic carbocycles. The Morgan fingerprint density at radius 2 is 2.04 bits per heavy atom. The van der Waals surface area contributed by atoms with E-state index >= 15 is 0 Å². The lowest BCUT2D eigenvalue weighted by molar-refractivity contribution is 0.416. The van der Waals surface area contributed by atoms with Crippen molar-refractivity contribution in [1.29, 1.82) is 0 Å². The first-order chi connectivity index (χ1) is 13.0. The van der Waals surface area contributed by atoms with Gasteiger partial charge in [0.2, 0.25) is 10.0 Å². The molecule has 1 aliphatic heterocycles. The molecule has 3 aromatic rings. The van der Waals surface area contributed by atoms with Crippen molar-refractivity contribution in [3.63, 3.8) is 0 Å². The van der Waals surface area contributed by atoms with Gasteiger partial charge in [-0.05, 0) is 43.2 Å². The molecule has 0 spiro atoms. The summed E-state index contributed by atoms with van der Waals surface area (Å²) in [5, 5.41) is 2.93. The summed E-state index contributed by atoms with van der Waals surface area (Å²) in [5.41, 5.74) is 4.71. The molecule has 5 nitrogen and oxygen atoms in total. The van der Waals surface area contributed by atoms with Crippen LogP contribution in [0.3, 0.4) is 0 Å². The van der Waals surface area contributed by atoms with Gasteiger partial charge in [0.25, 0.3) is 0 Å². The number of anilines is 1. The third kappa shape index (κ3) is 3.21. The standard InChI is InChI=1S/C20H20N2O3S2/c1-3-27(23,24)22-11-10-15-12-14(8-9-18(15)22)17-13-26-20(21-17)16-6-4-5-7-19(16)25-2/h4-9,12-13H,3,10-11H2,1-2H3. The van der Waals surface area contributed by atoms with Crippen LogP contribution in [0.25, 0.3) is 21.8 Å². The van der Waals surface area contributed by atoms with Crippen LogP contribution >= 0.6 is 11.3 Å². The highest BCUT2D eigenvalue weighted by atomic mass is 32.2. The second kappa shape index (κ2) is 6.98. The summed E-state index contributed by atoms with van der Waals surface area (Å²) in [5.74, 6) is 0.912. The van der Waals surface area contributed by atoms with Gasteiger partial charge in [0.15, 0.2) is 0 Å². The molecule has 0 unspecified atom stereocenters. The van der Waals surface area contributed by atoms with Crippen molar-refractivity contribution in [2.45, 2.75) is 13.3 Å². The highest BCUT2D eigenvalue weighted by Crippen LogP contribution is 2.37. The highest BCUT2D eigenvalue weighted by Gasteiger charge is 2.28. The average Bonchev–Trinajstić information content (AvgIpc) is 3.35. The molecule has 0 aliphatic carbocycles. The Hall–Kier alpha value is -2.38. The maximum atomic E-state index is 12.2. The molecular formula is C20H20N2O3S2. The van der Waals surface area contributed by atoms with E-state index in [0.717, 1.165) is 45.2 Å². The van der Waals surface area contributed by atoms with Crippen LogP contribution in [-0.4, -0.2) is 32.8 Å². The number of rotatable bonds is 5. The van der Waals surface area contributed by atoms with Crippen LogP contribution in [0.1, 0.15) is 12.5 Å². The minimum absolute atomic E-state index is 0.114. The van der Waals surface area contributed by atoms with Gasteiger partial charge in [-0.3, -0.25) is 4.31 Å². The predicted molar refractivity (Wildman–Crippen MR) is 110 cm³/mol. The Labute approximate surface area is 163 Å². The lowest BCUT2D eigenvalue weighted by Crippen LogP contribution is -2.30.